The topological polar surface area (TPSA) is 29.1 Å². The molecule has 2 atom stereocenters. The van der Waals surface area contributed by atoms with E-state index < -0.39 is 10.8 Å². The zero-order valence-electron chi connectivity index (χ0n) is 9.14. The number of nitrogens with one attached hydrogen (secondary N) is 1. The van der Waals surface area contributed by atoms with Crippen LogP contribution < -0.4 is 5.32 Å². The average molecular weight is 205 g/mol. The van der Waals surface area contributed by atoms with Crippen molar-refractivity contribution in [2.45, 2.75) is 44.8 Å². The lowest BCUT2D eigenvalue weighted by atomic mass is 10.2. The van der Waals surface area contributed by atoms with Crippen LogP contribution in [0, 0.1) is 0 Å². The van der Waals surface area contributed by atoms with Crippen LogP contribution in [0.4, 0.5) is 0 Å². The van der Waals surface area contributed by atoms with E-state index in [2.05, 4.69) is 12.2 Å². The van der Waals surface area contributed by atoms with Gasteiger partial charge in [-0.1, -0.05) is 26.7 Å². The van der Waals surface area contributed by atoms with Gasteiger partial charge in [0.1, 0.15) is 0 Å². The molecular weight excluding hydrogens is 182 g/mol. The first-order valence-corrected chi connectivity index (χ1v) is 6.83. The van der Waals surface area contributed by atoms with Gasteiger partial charge in [-0.05, 0) is 25.9 Å². The summed E-state index contributed by atoms with van der Waals surface area (Å²) in [4.78, 5) is 0. The molecule has 0 aromatic carbocycles. The molecule has 0 amide bonds. The summed E-state index contributed by atoms with van der Waals surface area (Å²) in [6.07, 6.45) is 6.65. The van der Waals surface area contributed by atoms with Gasteiger partial charge in [-0.15, -0.1) is 0 Å². The Morgan fingerprint density at radius 2 is 2.00 bits per heavy atom. The van der Waals surface area contributed by atoms with Crippen LogP contribution in [0.1, 0.15) is 39.5 Å². The molecule has 0 rings (SSSR count). The highest BCUT2D eigenvalue weighted by Crippen LogP contribution is 1.97. The first-order chi connectivity index (χ1) is 6.18. The summed E-state index contributed by atoms with van der Waals surface area (Å²) in [5, 5.41) is 3.70. The van der Waals surface area contributed by atoms with Gasteiger partial charge in [-0.3, -0.25) is 4.21 Å². The first-order valence-electron chi connectivity index (χ1n) is 5.21. The maximum absolute atomic E-state index is 11.0. The van der Waals surface area contributed by atoms with Gasteiger partial charge in [0.15, 0.2) is 0 Å². The van der Waals surface area contributed by atoms with E-state index in [0.29, 0.717) is 5.25 Å². The third kappa shape index (κ3) is 8.44. The highest BCUT2D eigenvalue weighted by atomic mass is 32.2. The molecule has 0 aromatic heterocycles. The van der Waals surface area contributed by atoms with Gasteiger partial charge < -0.3 is 5.32 Å². The van der Waals surface area contributed by atoms with Crippen LogP contribution in [0.5, 0.6) is 0 Å². The molecule has 1 N–H and O–H groups in total. The van der Waals surface area contributed by atoms with E-state index in [1.807, 2.05) is 6.92 Å². The van der Waals surface area contributed by atoms with Gasteiger partial charge in [0.25, 0.3) is 0 Å². The Labute approximate surface area is 84.9 Å². The van der Waals surface area contributed by atoms with Gasteiger partial charge in [0, 0.05) is 22.3 Å². The number of unbranched alkanes of at least 4 members (excludes halogenated alkanes) is 2. The molecule has 0 fully saturated rings. The second kappa shape index (κ2) is 8.70. The van der Waals surface area contributed by atoms with Crippen molar-refractivity contribution in [1.29, 1.82) is 0 Å². The van der Waals surface area contributed by atoms with E-state index in [1.165, 1.54) is 19.3 Å². The molecule has 0 aliphatic heterocycles. The predicted octanol–water partition coefficient (Wildman–Crippen LogP) is 1.92. The summed E-state index contributed by atoms with van der Waals surface area (Å²) in [5.74, 6) is 0. The quantitative estimate of drug-likeness (QED) is 0.613. The van der Waals surface area contributed by atoms with Crippen molar-refractivity contribution in [2.75, 3.05) is 19.3 Å². The third-order valence-electron chi connectivity index (χ3n) is 2.25. The SMILES string of the molecule is CCCCCNCCC(C)S(C)=O. The Morgan fingerprint density at radius 3 is 2.54 bits per heavy atom. The molecule has 2 nitrogen and oxygen atoms in total. The first kappa shape index (κ1) is 13.1. The second-order valence-corrected chi connectivity index (χ2v) is 5.36. The van der Waals surface area contributed by atoms with Gasteiger partial charge >= 0.3 is 0 Å². The molecule has 0 aromatic rings. The molecule has 0 saturated heterocycles. The van der Waals surface area contributed by atoms with Crippen LogP contribution in [0.2, 0.25) is 0 Å². The van der Waals surface area contributed by atoms with E-state index in [0.717, 1.165) is 19.5 Å². The van der Waals surface area contributed by atoms with E-state index in [4.69, 9.17) is 0 Å². The van der Waals surface area contributed by atoms with Crippen molar-refractivity contribution in [1.82, 2.24) is 5.32 Å². The monoisotopic (exact) mass is 205 g/mol. The van der Waals surface area contributed by atoms with Crippen LogP contribution in [-0.2, 0) is 10.8 Å². The smallest absolute Gasteiger partial charge is 0.0329 e. The maximum Gasteiger partial charge on any atom is 0.0329 e. The summed E-state index contributed by atoms with van der Waals surface area (Å²) in [6, 6.07) is 0. The minimum Gasteiger partial charge on any atom is -0.317 e. The fraction of sp³-hybridized carbons (Fsp3) is 1.00. The second-order valence-electron chi connectivity index (χ2n) is 3.55. The highest BCUT2D eigenvalue weighted by Gasteiger charge is 2.04. The summed E-state index contributed by atoms with van der Waals surface area (Å²) in [6.45, 7) is 6.37. The molecule has 3 heteroatoms. The van der Waals surface area contributed by atoms with Gasteiger partial charge in [-0.2, -0.15) is 0 Å². The summed E-state index contributed by atoms with van der Waals surface area (Å²) < 4.78 is 11.0. The fourth-order valence-corrected chi connectivity index (χ4v) is 1.55. The molecular formula is C10H23NOS. The Balaban J connectivity index is 3.11. The molecule has 0 radical (unpaired) electrons. The van der Waals surface area contributed by atoms with Gasteiger partial charge in [-0.25, -0.2) is 0 Å². The van der Waals surface area contributed by atoms with E-state index in [-0.39, 0.29) is 0 Å². The molecule has 0 heterocycles. The van der Waals surface area contributed by atoms with Crippen molar-refractivity contribution >= 4 is 10.8 Å². The number of rotatable bonds is 8. The lowest BCUT2D eigenvalue weighted by Gasteiger charge is -2.08. The Bertz CT molecular complexity index is 139. The molecule has 13 heavy (non-hydrogen) atoms. The summed E-state index contributed by atoms with van der Waals surface area (Å²) >= 11 is 0. The molecule has 0 spiro atoms. The lowest BCUT2D eigenvalue weighted by molar-refractivity contribution is 0.592. The van der Waals surface area contributed by atoms with Crippen LogP contribution in [0.3, 0.4) is 0 Å². The Hall–Kier alpha value is 0.110. The van der Waals surface area contributed by atoms with Crippen molar-refractivity contribution < 1.29 is 4.21 Å². The highest BCUT2D eigenvalue weighted by molar-refractivity contribution is 7.84. The van der Waals surface area contributed by atoms with Gasteiger partial charge in [0.05, 0.1) is 0 Å². The summed E-state index contributed by atoms with van der Waals surface area (Å²) in [5.41, 5.74) is 0. The van der Waals surface area contributed by atoms with Crippen molar-refractivity contribution in [2.24, 2.45) is 0 Å². The van der Waals surface area contributed by atoms with Gasteiger partial charge in [0.2, 0.25) is 0 Å². The van der Waals surface area contributed by atoms with Crippen molar-refractivity contribution in [3.05, 3.63) is 0 Å². The standard InChI is InChI=1S/C10H23NOS/c1-4-5-6-8-11-9-7-10(2)13(3)12/h10-11H,4-9H2,1-3H3. The zero-order valence-corrected chi connectivity index (χ0v) is 9.95. The fourth-order valence-electron chi connectivity index (χ4n) is 1.10. The van der Waals surface area contributed by atoms with E-state index in [9.17, 15) is 4.21 Å². The number of hydrogen-bond donors (Lipinski definition) is 1. The largest absolute Gasteiger partial charge is 0.317 e. The van der Waals surface area contributed by atoms with E-state index in [1.54, 1.807) is 6.26 Å². The van der Waals surface area contributed by atoms with Crippen LogP contribution in [-0.4, -0.2) is 28.8 Å². The lowest BCUT2D eigenvalue weighted by Crippen LogP contribution is -2.22. The van der Waals surface area contributed by atoms with Crippen LogP contribution in [0.15, 0.2) is 0 Å². The minimum absolute atomic E-state index is 0.332. The Kier molecular flexibility index (Phi) is 8.77. The molecule has 0 aliphatic carbocycles. The molecule has 2 unspecified atom stereocenters. The predicted molar refractivity (Wildman–Crippen MR) is 60.5 cm³/mol. The van der Waals surface area contributed by atoms with Crippen LogP contribution >= 0.6 is 0 Å². The van der Waals surface area contributed by atoms with Crippen molar-refractivity contribution in [3.63, 3.8) is 0 Å². The molecule has 0 bridgehead atoms. The van der Waals surface area contributed by atoms with Crippen molar-refractivity contribution in [3.8, 4) is 0 Å². The molecule has 0 aliphatic rings. The zero-order chi connectivity index (χ0) is 10.1. The maximum atomic E-state index is 11.0. The normalized spacial score (nSPS) is 15.6. The molecule has 80 valence electrons. The summed E-state index contributed by atoms with van der Waals surface area (Å²) in [7, 11) is -0.659. The minimum atomic E-state index is -0.659. The Morgan fingerprint density at radius 1 is 1.31 bits per heavy atom. The molecule has 0 saturated carbocycles. The van der Waals surface area contributed by atoms with Crippen LogP contribution in [0.25, 0.3) is 0 Å². The third-order valence-corrected chi connectivity index (χ3v) is 3.62. The average Bonchev–Trinajstić information content (AvgIpc) is 2.10. The number of hydrogen-bond acceptors (Lipinski definition) is 2. The van der Waals surface area contributed by atoms with E-state index >= 15 is 0 Å².